The molecule has 0 aliphatic heterocycles. The number of hydrogen-bond donors (Lipinski definition) is 3. The first-order valence-corrected chi connectivity index (χ1v) is 12.3. The summed E-state index contributed by atoms with van der Waals surface area (Å²) in [5, 5.41) is 7.22. The first-order valence-electron chi connectivity index (χ1n) is 10.7. The smallest absolute Gasteiger partial charge is 0.265 e. The van der Waals surface area contributed by atoms with Gasteiger partial charge in [0.2, 0.25) is 0 Å². The van der Waals surface area contributed by atoms with Crippen molar-refractivity contribution in [1.29, 1.82) is 0 Å². The molecule has 4 aromatic heterocycles. The van der Waals surface area contributed by atoms with Crippen LogP contribution in [0.3, 0.4) is 0 Å². The summed E-state index contributed by atoms with van der Waals surface area (Å²) in [4.78, 5) is 25.1. The van der Waals surface area contributed by atoms with E-state index in [1.807, 2.05) is 26.4 Å². The molecule has 4 heterocycles. The van der Waals surface area contributed by atoms with Crippen LogP contribution in [0.25, 0.3) is 16.2 Å². The quantitative estimate of drug-likeness (QED) is 0.259. The number of nitrogens with two attached hydrogens (primary N) is 1. The third kappa shape index (κ3) is 4.87. The monoisotopic (exact) mass is 507 g/mol. The van der Waals surface area contributed by atoms with Gasteiger partial charge >= 0.3 is 0 Å². The van der Waals surface area contributed by atoms with Crippen LogP contribution in [0.5, 0.6) is 0 Å². The molecule has 0 unspecified atom stereocenters. The molecule has 11 heteroatoms. The van der Waals surface area contributed by atoms with E-state index in [1.165, 1.54) is 46.4 Å². The number of anilines is 4. The Hall–Kier alpha value is -3.80. The van der Waals surface area contributed by atoms with Crippen LogP contribution in [0.2, 0.25) is 0 Å². The van der Waals surface area contributed by atoms with Crippen molar-refractivity contribution in [2.75, 3.05) is 30.5 Å². The lowest BCUT2D eigenvalue weighted by Crippen LogP contribution is -2.13. The summed E-state index contributed by atoms with van der Waals surface area (Å²) in [6.45, 7) is 0.834. The molecule has 0 atom stereocenters. The summed E-state index contributed by atoms with van der Waals surface area (Å²) >= 11 is 2.73. The zero-order chi connectivity index (χ0) is 24.5. The molecule has 0 saturated carbocycles. The van der Waals surface area contributed by atoms with E-state index in [9.17, 15) is 9.18 Å². The Kier molecular flexibility index (Phi) is 6.20. The number of hydrogen-bond acceptors (Lipinski definition) is 8. The molecule has 5 aromatic rings. The molecule has 0 aliphatic carbocycles. The zero-order valence-corrected chi connectivity index (χ0v) is 20.6. The summed E-state index contributed by atoms with van der Waals surface area (Å²) in [7, 11) is 4.07. The number of fused-ring (bicyclic) bond motifs is 1. The number of nitrogens with one attached hydrogen (secondary N) is 2. The lowest BCUT2D eigenvalue weighted by molar-refractivity contribution is 0.103. The Labute approximate surface area is 208 Å². The second-order valence-electron chi connectivity index (χ2n) is 8.12. The summed E-state index contributed by atoms with van der Waals surface area (Å²) in [6, 6.07) is 11.8. The Balaban J connectivity index is 1.32. The largest absolute Gasteiger partial charge is 0.397 e. The minimum Gasteiger partial charge on any atom is -0.397 e. The van der Waals surface area contributed by atoms with Gasteiger partial charge in [0.05, 0.1) is 32.3 Å². The molecular formula is C24H22FN7OS2. The van der Waals surface area contributed by atoms with Gasteiger partial charge in [0.1, 0.15) is 17.2 Å². The van der Waals surface area contributed by atoms with E-state index in [4.69, 9.17) is 5.73 Å². The minimum absolute atomic E-state index is 0.0215. The summed E-state index contributed by atoms with van der Waals surface area (Å²) < 4.78 is 16.1. The predicted molar refractivity (Wildman–Crippen MR) is 140 cm³/mol. The van der Waals surface area contributed by atoms with Crippen molar-refractivity contribution >= 4 is 55.7 Å². The fourth-order valence-corrected chi connectivity index (χ4v) is 5.30. The zero-order valence-electron chi connectivity index (χ0n) is 18.9. The van der Waals surface area contributed by atoms with E-state index in [0.29, 0.717) is 10.0 Å². The molecule has 0 fully saturated rings. The molecule has 0 spiro atoms. The Morgan fingerprint density at radius 3 is 2.77 bits per heavy atom. The number of para-hydroxylation sites is 1. The van der Waals surface area contributed by atoms with Crippen LogP contribution in [0.15, 0.2) is 61.1 Å². The SMILES string of the molecule is CN(C)Cc1ccc2ncc(-c3cnc(Nc4ccc(C(=O)Nc5c(N)cccc5F)s4)s3)n2c1. The fourth-order valence-electron chi connectivity index (χ4n) is 3.60. The van der Waals surface area contributed by atoms with Crippen LogP contribution in [-0.4, -0.2) is 39.3 Å². The van der Waals surface area contributed by atoms with E-state index in [2.05, 4.69) is 42.2 Å². The highest BCUT2D eigenvalue weighted by molar-refractivity contribution is 7.20. The van der Waals surface area contributed by atoms with Crippen LogP contribution in [-0.2, 0) is 6.54 Å². The number of pyridine rings is 1. The molecular weight excluding hydrogens is 485 g/mol. The van der Waals surface area contributed by atoms with Gasteiger partial charge in [-0.1, -0.05) is 23.5 Å². The number of benzene rings is 1. The molecule has 0 bridgehead atoms. The van der Waals surface area contributed by atoms with Crippen LogP contribution in [0.4, 0.5) is 25.9 Å². The highest BCUT2D eigenvalue weighted by Crippen LogP contribution is 2.33. The van der Waals surface area contributed by atoms with Crippen molar-refractivity contribution in [2.45, 2.75) is 6.54 Å². The molecule has 4 N–H and O–H groups in total. The maximum Gasteiger partial charge on any atom is 0.265 e. The number of amides is 1. The number of rotatable bonds is 7. The van der Waals surface area contributed by atoms with Crippen molar-refractivity contribution in [3.8, 4) is 10.6 Å². The van der Waals surface area contributed by atoms with Gasteiger partial charge in [-0.15, -0.1) is 11.3 Å². The van der Waals surface area contributed by atoms with Gasteiger partial charge in [0.15, 0.2) is 5.13 Å². The summed E-state index contributed by atoms with van der Waals surface area (Å²) in [5.74, 6) is -1.01. The van der Waals surface area contributed by atoms with Crippen LogP contribution in [0.1, 0.15) is 15.2 Å². The van der Waals surface area contributed by atoms with E-state index in [1.54, 1.807) is 18.3 Å². The molecule has 1 amide bonds. The van der Waals surface area contributed by atoms with Gasteiger partial charge in [-0.25, -0.2) is 14.4 Å². The van der Waals surface area contributed by atoms with Crippen molar-refractivity contribution in [2.24, 2.45) is 0 Å². The van der Waals surface area contributed by atoms with Gasteiger partial charge in [0, 0.05) is 18.9 Å². The number of thiazole rings is 1. The number of aromatic nitrogens is 3. The van der Waals surface area contributed by atoms with Gasteiger partial charge in [-0.2, -0.15) is 0 Å². The van der Waals surface area contributed by atoms with E-state index >= 15 is 0 Å². The van der Waals surface area contributed by atoms with Crippen LogP contribution in [0, 0.1) is 5.82 Å². The normalized spacial score (nSPS) is 11.3. The molecule has 0 aliphatic rings. The average Bonchev–Trinajstić information content (AvgIpc) is 3.56. The first-order chi connectivity index (χ1) is 16.9. The topological polar surface area (TPSA) is 101 Å². The highest BCUT2D eigenvalue weighted by Gasteiger charge is 2.15. The molecule has 5 rings (SSSR count). The van der Waals surface area contributed by atoms with Gasteiger partial charge < -0.3 is 21.3 Å². The van der Waals surface area contributed by atoms with E-state index in [-0.39, 0.29) is 11.4 Å². The first kappa shape index (κ1) is 23.0. The van der Waals surface area contributed by atoms with Crippen molar-refractivity contribution in [3.63, 3.8) is 0 Å². The lowest BCUT2D eigenvalue weighted by Gasteiger charge is -2.10. The van der Waals surface area contributed by atoms with Gasteiger partial charge in [0.25, 0.3) is 5.91 Å². The molecule has 0 radical (unpaired) electrons. The number of halogens is 1. The number of carbonyl (C=O) groups is 1. The Morgan fingerprint density at radius 1 is 1.11 bits per heavy atom. The lowest BCUT2D eigenvalue weighted by atomic mass is 10.2. The summed E-state index contributed by atoms with van der Waals surface area (Å²) in [5.41, 5.74) is 8.95. The molecule has 178 valence electrons. The molecule has 1 aromatic carbocycles. The maximum atomic E-state index is 14.0. The van der Waals surface area contributed by atoms with E-state index in [0.717, 1.165) is 27.8 Å². The molecule has 0 saturated heterocycles. The third-order valence-electron chi connectivity index (χ3n) is 5.17. The fraction of sp³-hybridized carbons (Fsp3) is 0.125. The maximum absolute atomic E-state index is 14.0. The minimum atomic E-state index is -0.579. The van der Waals surface area contributed by atoms with Gasteiger partial charge in [-0.3, -0.25) is 9.20 Å². The van der Waals surface area contributed by atoms with Crippen LogP contribution < -0.4 is 16.4 Å². The van der Waals surface area contributed by atoms with Crippen molar-refractivity contribution in [1.82, 2.24) is 19.3 Å². The number of carbonyl (C=O) groups excluding carboxylic acids is 1. The summed E-state index contributed by atoms with van der Waals surface area (Å²) in [6.07, 6.45) is 5.74. The second kappa shape index (κ2) is 9.45. The van der Waals surface area contributed by atoms with Crippen molar-refractivity contribution in [3.05, 3.63) is 77.3 Å². The third-order valence-corrected chi connectivity index (χ3v) is 7.10. The second-order valence-corrected chi connectivity index (χ2v) is 10.2. The molecule has 35 heavy (non-hydrogen) atoms. The number of thiophene rings is 1. The number of nitrogens with zero attached hydrogens (tertiary/aromatic N) is 4. The van der Waals surface area contributed by atoms with Crippen molar-refractivity contribution < 1.29 is 9.18 Å². The average molecular weight is 508 g/mol. The predicted octanol–water partition coefficient (Wildman–Crippen LogP) is 5.30. The molecule has 8 nitrogen and oxygen atoms in total. The van der Waals surface area contributed by atoms with E-state index < -0.39 is 11.7 Å². The van der Waals surface area contributed by atoms with Crippen LogP contribution >= 0.6 is 22.7 Å². The van der Waals surface area contributed by atoms with Gasteiger partial charge in [-0.05, 0) is 50.0 Å². The Bertz CT molecular complexity index is 1500. The standard InChI is InChI=1S/C24H22FN7OS2/c1-31(2)12-14-6-8-20-27-10-17(32(20)13-14)19-11-28-24(35-19)29-21-9-7-18(34-21)23(33)30-22-15(25)4-3-5-16(22)26/h3-11,13H,12,26H2,1-2H3,(H,28,29)(H,30,33). The number of imidazole rings is 1. The number of nitrogen functional groups attached to an aromatic ring is 1. The highest BCUT2D eigenvalue weighted by atomic mass is 32.1. The Morgan fingerprint density at radius 2 is 1.97 bits per heavy atom.